The summed E-state index contributed by atoms with van der Waals surface area (Å²) in [6.45, 7) is 3.31. The number of carbonyl (C=O) groups is 2. The van der Waals surface area contributed by atoms with Crippen molar-refractivity contribution in [1.82, 2.24) is 4.90 Å². The number of halogens is 1. The standard InChI is InChI=1S/C21H19FN2O2S/c1-13-18-16(22)8-5-9-17(18)27-19(13)20(25)23-15-7-4-6-14(12-15)21(26)24-10-2-3-11-24/h4-9,12H,2-3,10-11H2,1H3,(H,23,25). The summed E-state index contributed by atoms with van der Waals surface area (Å²) < 4.78 is 14.8. The van der Waals surface area contributed by atoms with E-state index in [9.17, 15) is 14.0 Å². The zero-order valence-corrected chi connectivity index (χ0v) is 15.7. The third-order valence-electron chi connectivity index (χ3n) is 4.87. The molecular formula is C21H19FN2O2S. The highest BCUT2D eigenvalue weighted by molar-refractivity contribution is 7.21. The van der Waals surface area contributed by atoms with E-state index in [1.54, 1.807) is 37.3 Å². The van der Waals surface area contributed by atoms with E-state index < -0.39 is 0 Å². The SMILES string of the molecule is Cc1c(C(=O)Nc2cccc(C(=O)N3CCCC3)c2)sc2cccc(F)c12. The van der Waals surface area contributed by atoms with Crippen molar-refractivity contribution in [1.29, 1.82) is 0 Å². The number of nitrogens with zero attached hydrogens (tertiary/aromatic N) is 1. The molecule has 0 saturated carbocycles. The molecule has 138 valence electrons. The molecule has 2 heterocycles. The van der Waals surface area contributed by atoms with Crippen LogP contribution in [-0.4, -0.2) is 29.8 Å². The normalized spacial score (nSPS) is 13.9. The van der Waals surface area contributed by atoms with Crippen LogP contribution in [-0.2, 0) is 0 Å². The van der Waals surface area contributed by atoms with E-state index in [-0.39, 0.29) is 17.6 Å². The second-order valence-electron chi connectivity index (χ2n) is 6.70. The molecule has 1 fully saturated rings. The number of fused-ring (bicyclic) bond motifs is 1. The second kappa shape index (κ2) is 7.12. The van der Waals surface area contributed by atoms with Crippen molar-refractivity contribution in [3.63, 3.8) is 0 Å². The molecule has 0 atom stereocenters. The van der Waals surface area contributed by atoms with Crippen LogP contribution in [0.15, 0.2) is 42.5 Å². The van der Waals surface area contributed by atoms with E-state index in [1.807, 2.05) is 11.0 Å². The average molecular weight is 382 g/mol. The number of hydrogen-bond acceptors (Lipinski definition) is 3. The van der Waals surface area contributed by atoms with Gasteiger partial charge in [-0.1, -0.05) is 12.1 Å². The second-order valence-corrected chi connectivity index (χ2v) is 7.76. The topological polar surface area (TPSA) is 49.4 Å². The highest BCUT2D eigenvalue weighted by Crippen LogP contribution is 2.33. The summed E-state index contributed by atoms with van der Waals surface area (Å²) in [5, 5.41) is 3.33. The van der Waals surface area contributed by atoms with Crippen molar-refractivity contribution in [2.75, 3.05) is 18.4 Å². The van der Waals surface area contributed by atoms with Gasteiger partial charge in [0.15, 0.2) is 0 Å². The fraction of sp³-hybridized carbons (Fsp3) is 0.238. The monoisotopic (exact) mass is 382 g/mol. The lowest BCUT2D eigenvalue weighted by molar-refractivity contribution is 0.0792. The first-order chi connectivity index (χ1) is 13.0. The summed E-state index contributed by atoms with van der Waals surface area (Å²) >= 11 is 1.27. The highest BCUT2D eigenvalue weighted by Gasteiger charge is 2.21. The first-order valence-electron chi connectivity index (χ1n) is 8.93. The van der Waals surface area contributed by atoms with Gasteiger partial charge >= 0.3 is 0 Å². The van der Waals surface area contributed by atoms with Gasteiger partial charge in [-0.2, -0.15) is 0 Å². The lowest BCUT2D eigenvalue weighted by Crippen LogP contribution is -2.27. The summed E-state index contributed by atoms with van der Waals surface area (Å²) in [4.78, 5) is 27.6. The van der Waals surface area contributed by atoms with Gasteiger partial charge in [0.25, 0.3) is 11.8 Å². The number of anilines is 1. The molecule has 4 rings (SSSR count). The molecule has 1 aliphatic rings. The van der Waals surface area contributed by atoms with Crippen molar-refractivity contribution in [3.8, 4) is 0 Å². The molecule has 4 nitrogen and oxygen atoms in total. The Labute approximate surface area is 160 Å². The smallest absolute Gasteiger partial charge is 0.266 e. The van der Waals surface area contributed by atoms with E-state index in [4.69, 9.17) is 0 Å². The summed E-state index contributed by atoms with van der Waals surface area (Å²) in [6.07, 6.45) is 2.06. The quantitative estimate of drug-likeness (QED) is 0.705. The Hall–Kier alpha value is -2.73. The maximum absolute atomic E-state index is 14.1. The summed E-state index contributed by atoms with van der Waals surface area (Å²) in [7, 11) is 0. The van der Waals surface area contributed by atoms with Crippen LogP contribution in [0.1, 0.15) is 38.4 Å². The lowest BCUT2D eigenvalue weighted by Gasteiger charge is -2.15. The Kier molecular flexibility index (Phi) is 4.66. The number of likely N-dealkylation sites (tertiary alicyclic amines) is 1. The Balaban J connectivity index is 1.58. The van der Waals surface area contributed by atoms with Gasteiger partial charge in [0.05, 0.1) is 4.88 Å². The van der Waals surface area contributed by atoms with Gasteiger partial charge < -0.3 is 10.2 Å². The molecule has 0 spiro atoms. The Morgan fingerprint density at radius 2 is 1.85 bits per heavy atom. The number of thiophene rings is 1. The third-order valence-corrected chi connectivity index (χ3v) is 6.13. The molecule has 3 aromatic rings. The molecular weight excluding hydrogens is 363 g/mol. The van der Waals surface area contributed by atoms with E-state index in [0.717, 1.165) is 30.6 Å². The van der Waals surface area contributed by atoms with Gasteiger partial charge in [-0.15, -0.1) is 11.3 Å². The maximum Gasteiger partial charge on any atom is 0.266 e. The zero-order chi connectivity index (χ0) is 19.0. The van der Waals surface area contributed by atoms with Gasteiger partial charge in [0.1, 0.15) is 5.82 Å². The van der Waals surface area contributed by atoms with Crippen molar-refractivity contribution in [3.05, 3.63) is 64.3 Å². The van der Waals surface area contributed by atoms with Gasteiger partial charge in [0.2, 0.25) is 0 Å². The number of aryl methyl sites for hydroxylation is 1. The Morgan fingerprint density at radius 3 is 2.59 bits per heavy atom. The molecule has 0 radical (unpaired) electrons. The maximum atomic E-state index is 14.1. The predicted molar refractivity (Wildman–Crippen MR) is 106 cm³/mol. The summed E-state index contributed by atoms with van der Waals surface area (Å²) in [6, 6.07) is 11.8. The van der Waals surface area contributed by atoms with Crippen molar-refractivity contribution in [2.45, 2.75) is 19.8 Å². The first kappa shape index (κ1) is 17.7. The van der Waals surface area contributed by atoms with Crippen molar-refractivity contribution >= 4 is 38.9 Å². The molecule has 6 heteroatoms. The number of amides is 2. The largest absolute Gasteiger partial charge is 0.339 e. The summed E-state index contributed by atoms with van der Waals surface area (Å²) in [5.41, 5.74) is 1.76. The number of rotatable bonds is 3. The first-order valence-corrected chi connectivity index (χ1v) is 9.74. The molecule has 2 aromatic carbocycles. The van der Waals surface area contributed by atoms with Crippen molar-refractivity contribution < 1.29 is 14.0 Å². The van der Waals surface area contributed by atoms with Gasteiger partial charge in [-0.05, 0) is 55.7 Å². The molecule has 2 amide bonds. The minimum absolute atomic E-state index is 0.0105. The number of benzene rings is 2. The lowest BCUT2D eigenvalue weighted by atomic mass is 10.1. The molecule has 0 unspecified atom stereocenters. The van der Waals surface area contributed by atoms with Crippen LogP contribution in [0, 0.1) is 12.7 Å². The van der Waals surface area contributed by atoms with Crippen LogP contribution >= 0.6 is 11.3 Å². The summed E-state index contributed by atoms with van der Waals surface area (Å²) in [5.74, 6) is -0.624. The Bertz CT molecular complexity index is 1040. The number of carbonyl (C=O) groups excluding carboxylic acids is 2. The van der Waals surface area contributed by atoms with Crippen LogP contribution in [0.4, 0.5) is 10.1 Å². The molecule has 1 saturated heterocycles. The van der Waals surface area contributed by atoms with Gasteiger partial charge in [0, 0.05) is 34.4 Å². The van der Waals surface area contributed by atoms with E-state index in [0.29, 0.717) is 27.1 Å². The molecule has 0 bridgehead atoms. The van der Waals surface area contributed by atoms with Crippen LogP contribution < -0.4 is 5.32 Å². The van der Waals surface area contributed by atoms with Gasteiger partial charge in [-0.25, -0.2) is 4.39 Å². The van der Waals surface area contributed by atoms with Crippen LogP contribution in [0.5, 0.6) is 0 Å². The van der Waals surface area contributed by atoms with E-state index in [2.05, 4.69) is 5.32 Å². The van der Waals surface area contributed by atoms with Crippen LogP contribution in [0.3, 0.4) is 0 Å². The van der Waals surface area contributed by atoms with Crippen LogP contribution in [0.25, 0.3) is 10.1 Å². The number of nitrogens with one attached hydrogen (secondary N) is 1. The fourth-order valence-electron chi connectivity index (χ4n) is 3.49. The van der Waals surface area contributed by atoms with E-state index in [1.165, 1.54) is 17.4 Å². The van der Waals surface area contributed by atoms with Gasteiger partial charge in [-0.3, -0.25) is 9.59 Å². The average Bonchev–Trinajstić information content (AvgIpc) is 3.30. The van der Waals surface area contributed by atoms with Crippen molar-refractivity contribution in [2.24, 2.45) is 0 Å². The minimum atomic E-state index is -0.321. The van der Waals surface area contributed by atoms with E-state index >= 15 is 0 Å². The van der Waals surface area contributed by atoms with Crippen LogP contribution in [0.2, 0.25) is 0 Å². The zero-order valence-electron chi connectivity index (χ0n) is 14.9. The molecule has 27 heavy (non-hydrogen) atoms. The molecule has 1 N–H and O–H groups in total. The highest BCUT2D eigenvalue weighted by atomic mass is 32.1. The molecule has 1 aromatic heterocycles. The fourth-order valence-corrected chi connectivity index (χ4v) is 4.61. The Morgan fingerprint density at radius 1 is 1.11 bits per heavy atom. The third kappa shape index (κ3) is 3.32. The molecule has 1 aliphatic heterocycles. The molecule has 0 aliphatic carbocycles. The minimum Gasteiger partial charge on any atom is -0.339 e. The predicted octanol–water partition coefficient (Wildman–Crippen LogP) is 4.84. The number of hydrogen-bond donors (Lipinski definition) is 1.